The van der Waals surface area contributed by atoms with Crippen molar-refractivity contribution in [1.29, 1.82) is 0 Å². The summed E-state index contributed by atoms with van der Waals surface area (Å²) in [6.07, 6.45) is -0.579. The Kier molecular flexibility index (Phi) is 5.45. The highest BCUT2D eigenvalue weighted by atomic mass is 16.6. The van der Waals surface area contributed by atoms with Crippen LogP contribution in [0, 0.1) is 5.92 Å². The van der Waals surface area contributed by atoms with E-state index in [9.17, 15) is 19.2 Å². The van der Waals surface area contributed by atoms with Crippen molar-refractivity contribution < 1.29 is 28.7 Å². The summed E-state index contributed by atoms with van der Waals surface area (Å²) in [5, 5.41) is 2.66. The van der Waals surface area contributed by atoms with E-state index in [0.29, 0.717) is 28.8 Å². The molecule has 0 saturated carbocycles. The van der Waals surface area contributed by atoms with Crippen LogP contribution in [0.4, 0.5) is 5.69 Å². The summed E-state index contributed by atoms with van der Waals surface area (Å²) < 4.78 is 11.0. The van der Waals surface area contributed by atoms with Crippen molar-refractivity contribution in [3.05, 3.63) is 94.5 Å². The van der Waals surface area contributed by atoms with Gasteiger partial charge in [0.25, 0.3) is 5.91 Å². The maximum Gasteiger partial charge on any atom is 0.313 e. The van der Waals surface area contributed by atoms with E-state index >= 15 is 0 Å². The Morgan fingerprint density at radius 2 is 1.56 bits per heavy atom. The lowest BCUT2D eigenvalue weighted by Crippen LogP contribution is -2.36. The molecule has 2 unspecified atom stereocenters. The third-order valence-corrected chi connectivity index (χ3v) is 6.07. The van der Waals surface area contributed by atoms with Crippen LogP contribution in [0.3, 0.4) is 0 Å². The van der Waals surface area contributed by atoms with Gasteiger partial charge in [0.15, 0.2) is 17.7 Å². The van der Waals surface area contributed by atoms with Crippen LogP contribution in [-0.4, -0.2) is 36.2 Å². The van der Waals surface area contributed by atoms with Gasteiger partial charge in [0.05, 0.1) is 5.92 Å². The Morgan fingerprint density at radius 3 is 2.32 bits per heavy atom. The second-order valence-electron chi connectivity index (χ2n) is 8.35. The lowest BCUT2D eigenvalue weighted by molar-refractivity contribution is -0.158. The number of carbonyl (C=O) groups is 4. The van der Waals surface area contributed by atoms with Gasteiger partial charge in [-0.05, 0) is 43.2 Å². The number of ketones is 2. The third kappa shape index (κ3) is 3.85. The Bertz CT molecular complexity index is 1340. The molecule has 170 valence electrons. The molecule has 2 aliphatic rings. The lowest BCUT2D eigenvalue weighted by atomic mass is 9.84. The highest BCUT2D eigenvalue weighted by Gasteiger charge is 2.31. The number of fused-ring (bicyclic) bond motifs is 3. The fourth-order valence-corrected chi connectivity index (χ4v) is 4.22. The first kappa shape index (κ1) is 21.6. The van der Waals surface area contributed by atoms with Crippen molar-refractivity contribution >= 4 is 29.1 Å². The van der Waals surface area contributed by atoms with Gasteiger partial charge < -0.3 is 14.8 Å². The van der Waals surface area contributed by atoms with Crippen LogP contribution < -0.4 is 10.1 Å². The van der Waals surface area contributed by atoms with Gasteiger partial charge in [-0.15, -0.1) is 0 Å². The van der Waals surface area contributed by atoms with Gasteiger partial charge in [-0.2, -0.15) is 0 Å². The molecular weight excluding hydrogens is 434 g/mol. The zero-order chi connectivity index (χ0) is 23.8. The van der Waals surface area contributed by atoms with Gasteiger partial charge in [0.1, 0.15) is 12.4 Å². The summed E-state index contributed by atoms with van der Waals surface area (Å²) in [6, 6.07) is 18.7. The molecule has 1 aliphatic carbocycles. The van der Waals surface area contributed by atoms with Crippen LogP contribution in [0.1, 0.15) is 44.3 Å². The van der Waals surface area contributed by atoms with E-state index < -0.39 is 23.9 Å². The predicted molar refractivity (Wildman–Crippen MR) is 123 cm³/mol. The summed E-state index contributed by atoms with van der Waals surface area (Å²) >= 11 is 0. The van der Waals surface area contributed by atoms with Crippen molar-refractivity contribution in [2.24, 2.45) is 5.92 Å². The molecular formula is C27H21NO6. The zero-order valence-corrected chi connectivity index (χ0v) is 18.4. The van der Waals surface area contributed by atoms with Crippen LogP contribution >= 0.6 is 0 Å². The molecule has 0 saturated heterocycles. The number of esters is 1. The normalized spacial score (nSPS) is 16.9. The molecule has 1 heterocycles. The molecule has 0 aromatic heterocycles. The average molecular weight is 455 g/mol. The molecule has 3 aromatic carbocycles. The largest absolute Gasteiger partial charge is 0.492 e. The minimum atomic E-state index is -1.06. The quantitative estimate of drug-likeness (QED) is 0.472. The van der Waals surface area contributed by atoms with E-state index in [2.05, 4.69) is 5.32 Å². The number of hydrogen-bond acceptors (Lipinski definition) is 6. The maximum absolute atomic E-state index is 12.9. The zero-order valence-electron chi connectivity index (χ0n) is 18.4. The van der Waals surface area contributed by atoms with Gasteiger partial charge >= 0.3 is 5.97 Å². The van der Waals surface area contributed by atoms with Crippen LogP contribution in [-0.2, 0) is 20.7 Å². The van der Waals surface area contributed by atoms with E-state index in [1.54, 1.807) is 30.3 Å². The first-order chi connectivity index (χ1) is 16.4. The van der Waals surface area contributed by atoms with Crippen LogP contribution in [0.25, 0.3) is 0 Å². The number of benzene rings is 3. The first-order valence-electron chi connectivity index (χ1n) is 11.0. The number of ether oxygens (including phenoxy) is 2. The fraction of sp³-hybridized carbons (Fsp3) is 0.185. The van der Waals surface area contributed by atoms with E-state index in [1.807, 2.05) is 24.3 Å². The smallest absolute Gasteiger partial charge is 0.313 e. The number of para-hydroxylation sites is 1. The molecule has 2 atom stereocenters. The molecule has 1 N–H and O–H groups in total. The first-order valence-corrected chi connectivity index (χ1v) is 11.0. The molecule has 7 heteroatoms. The van der Waals surface area contributed by atoms with Gasteiger partial charge in [-0.1, -0.05) is 42.5 Å². The average Bonchev–Trinajstić information content (AvgIpc) is 2.86. The van der Waals surface area contributed by atoms with Crippen molar-refractivity contribution in [1.82, 2.24) is 0 Å². The van der Waals surface area contributed by atoms with Crippen molar-refractivity contribution in [2.75, 3.05) is 11.9 Å². The second kappa shape index (κ2) is 8.59. The molecule has 5 rings (SSSR count). The Hall–Kier alpha value is -4.26. The molecule has 0 spiro atoms. The summed E-state index contributed by atoms with van der Waals surface area (Å²) in [4.78, 5) is 50.9. The van der Waals surface area contributed by atoms with E-state index in [0.717, 1.165) is 11.3 Å². The molecule has 0 radical (unpaired) electrons. The molecule has 34 heavy (non-hydrogen) atoms. The predicted octanol–water partition coefficient (Wildman–Crippen LogP) is 3.58. The summed E-state index contributed by atoms with van der Waals surface area (Å²) in [6.45, 7) is 1.67. The molecule has 0 bridgehead atoms. The maximum atomic E-state index is 12.9. The number of amides is 1. The number of carbonyl (C=O) groups excluding carboxylic acids is 4. The van der Waals surface area contributed by atoms with E-state index in [1.165, 1.54) is 19.1 Å². The molecule has 0 fully saturated rings. The lowest BCUT2D eigenvalue weighted by Gasteiger charge is -2.25. The van der Waals surface area contributed by atoms with Crippen LogP contribution in [0.5, 0.6) is 5.75 Å². The minimum Gasteiger partial charge on any atom is -0.492 e. The SMILES string of the molecule is CC(OC(=O)C1COc2ccccc2C1)C(=O)Nc1ccc2c(c1)C(=O)c1ccccc1C2=O. The summed E-state index contributed by atoms with van der Waals surface area (Å²) in [7, 11) is 0. The van der Waals surface area contributed by atoms with Crippen LogP contribution in [0.2, 0.25) is 0 Å². The van der Waals surface area contributed by atoms with Gasteiger partial charge in [0, 0.05) is 27.9 Å². The fourth-order valence-electron chi connectivity index (χ4n) is 4.22. The number of hydrogen-bond donors (Lipinski definition) is 1. The highest BCUT2D eigenvalue weighted by Crippen LogP contribution is 2.30. The number of rotatable bonds is 4. The molecule has 1 amide bonds. The molecule has 1 aliphatic heterocycles. The van der Waals surface area contributed by atoms with E-state index in [-0.39, 0.29) is 23.7 Å². The van der Waals surface area contributed by atoms with Crippen molar-refractivity contribution in [3.63, 3.8) is 0 Å². The monoisotopic (exact) mass is 455 g/mol. The highest BCUT2D eigenvalue weighted by molar-refractivity contribution is 6.28. The van der Waals surface area contributed by atoms with Crippen molar-refractivity contribution in [3.8, 4) is 5.75 Å². The second-order valence-corrected chi connectivity index (χ2v) is 8.35. The van der Waals surface area contributed by atoms with Gasteiger partial charge in [-0.3, -0.25) is 19.2 Å². The third-order valence-electron chi connectivity index (χ3n) is 6.07. The van der Waals surface area contributed by atoms with E-state index in [4.69, 9.17) is 9.47 Å². The Balaban J connectivity index is 1.25. The molecule has 3 aromatic rings. The standard InChI is InChI=1S/C27H21NO6/c1-15(34-27(32)17-12-16-6-2-5-9-23(16)33-14-17)26(31)28-18-10-11-21-22(13-18)25(30)20-8-4-3-7-19(20)24(21)29/h2-11,13,15,17H,12,14H2,1H3,(H,28,31). The summed E-state index contributed by atoms with van der Waals surface area (Å²) in [5.74, 6) is -1.32. The van der Waals surface area contributed by atoms with Gasteiger partial charge in [0.2, 0.25) is 0 Å². The van der Waals surface area contributed by atoms with Crippen LogP contribution in [0.15, 0.2) is 66.7 Å². The molecule has 7 nitrogen and oxygen atoms in total. The Morgan fingerprint density at radius 1 is 0.912 bits per heavy atom. The van der Waals surface area contributed by atoms with Gasteiger partial charge in [-0.25, -0.2) is 0 Å². The number of anilines is 1. The number of nitrogens with one attached hydrogen (secondary N) is 1. The summed E-state index contributed by atoms with van der Waals surface area (Å²) in [5.41, 5.74) is 2.47. The topological polar surface area (TPSA) is 98.8 Å². The Labute approximate surface area is 195 Å². The minimum absolute atomic E-state index is 0.187. The van der Waals surface area contributed by atoms with Crippen molar-refractivity contribution in [2.45, 2.75) is 19.4 Å².